The first-order chi connectivity index (χ1) is 7.25. The number of rotatable bonds is 5. The summed E-state index contributed by atoms with van der Waals surface area (Å²) in [6, 6.07) is 7.16. The minimum Gasteiger partial charge on any atom is -0.460 e. The molecule has 0 bridgehead atoms. The summed E-state index contributed by atoms with van der Waals surface area (Å²) in [6.45, 7) is 3.25. The average molecular weight is 273 g/mol. The Labute approximate surface area is 97.5 Å². The van der Waals surface area contributed by atoms with E-state index in [0.29, 0.717) is 18.8 Å². The SMILES string of the molecule is CCOCCOC(=O)c1ccccc1Br. The zero-order valence-electron chi connectivity index (χ0n) is 8.53. The van der Waals surface area contributed by atoms with Crippen LogP contribution in [0.2, 0.25) is 0 Å². The van der Waals surface area contributed by atoms with Crippen LogP contribution in [0.3, 0.4) is 0 Å². The molecule has 0 aliphatic heterocycles. The molecule has 82 valence electrons. The van der Waals surface area contributed by atoms with Crippen molar-refractivity contribution in [2.24, 2.45) is 0 Å². The lowest BCUT2D eigenvalue weighted by Gasteiger charge is -2.05. The molecule has 15 heavy (non-hydrogen) atoms. The molecular formula is C11H13BrO3. The summed E-state index contributed by atoms with van der Waals surface area (Å²) >= 11 is 3.29. The Kier molecular flexibility index (Phi) is 5.36. The van der Waals surface area contributed by atoms with E-state index in [2.05, 4.69) is 15.9 Å². The number of hydrogen-bond donors (Lipinski definition) is 0. The Morgan fingerprint density at radius 2 is 2.07 bits per heavy atom. The maximum Gasteiger partial charge on any atom is 0.339 e. The molecule has 0 aliphatic carbocycles. The van der Waals surface area contributed by atoms with Gasteiger partial charge in [0.25, 0.3) is 0 Å². The lowest BCUT2D eigenvalue weighted by atomic mass is 10.2. The fourth-order valence-corrected chi connectivity index (χ4v) is 1.49. The molecule has 0 heterocycles. The van der Waals surface area contributed by atoms with Gasteiger partial charge in [0.15, 0.2) is 0 Å². The predicted octanol–water partition coefficient (Wildman–Crippen LogP) is 2.64. The smallest absolute Gasteiger partial charge is 0.339 e. The predicted molar refractivity (Wildman–Crippen MR) is 60.9 cm³/mol. The van der Waals surface area contributed by atoms with Crippen LogP contribution in [0.25, 0.3) is 0 Å². The largest absolute Gasteiger partial charge is 0.460 e. The third-order valence-electron chi connectivity index (χ3n) is 1.76. The van der Waals surface area contributed by atoms with E-state index in [4.69, 9.17) is 9.47 Å². The lowest BCUT2D eigenvalue weighted by Crippen LogP contribution is -2.11. The highest BCUT2D eigenvalue weighted by molar-refractivity contribution is 9.10. The van der Waals surface area contributed by atoms with Crippen molar-refractivity contribution in [3.63, 3.8) is 0 Å². The van der Waals surface area contributed by atoms with Gasteiger partial charge in [-0.2, -0.15) is 0 Å². The number of carbonyl (C=O) groups excluding carboxylic acids is 1. The fourth-order valence-electron chi connectivity index (χ4n) is 1.04. The zero-order valence-corrected chi connectivity index (χ0v) is 10.1. The van der Waals surface area contributed by atoms with Gasteiger partial charge >= 0.3 is 5.97 Å². The van der Waals surface area contributed by atoms with Gasteiger partial charge in [0.1, 0.15) is 6.61 Å². The topological polar surface area (TPSA) is 35.5 Å². The molecule has 0 amide bonds. The van der Waals surface area contributed by atoms with Crippen molar-refractivity contribution >= 4 is 21.9 Å². The molecule has 0 aliphatic rings. The first-order valence-corrected chi connectivity index (χ1v) is 5.54. The van der Waals surface area contributed by atoms with Crippen molar-refractivity contribution in [1.29, 1.82) is 0 Å². The Bertz CT molecular complexity index is 325. The summed E-state index contributed by atoms with van der Waals surface area (Å²) in [6.07, 6.45) is 0. The zero-order chi connectivity index (χ0) is 11.1. The van der Waals surface area contributed by atoms with Crippen molar-refractivity contribution in [3.8, 4) is 0 Å². The Morgan fingerprint density at radius 3 is 2.73 bits per heavy atom. The summed E-state index contributed by atoms with van der Waals surface area (Å²) in [4.78, 5) is 11.5. The molecule has 3 nitrogen and oxygen atoms in total. The number of halogens is 1. The van der Waals surface area contributed by atoms with Crippen LogP contribution in [0.4, 0.5) is 0 Å². The third-order valence-corrected chi connectivity index (χ3v) is 2.45. The standard InChI is InChI=1S/C11H13BrO3/c1-2-14-7-8-15-11(13)9-5-3-4-6-10(9)12/h3-6H,2,7-8H2,1H3. The Morgan fingerprint density at radius 1 is 1.33 bits per heavy atom. The normalized spacial score (nSPS) is 10.0. The van der Waals surface area contributed by atoms with Crippen molar-refractivity contribution in [2.45, 2.75) is 6.92 Å². The van der Waals surface area contributed by atoms with Gasteiger partial charge in [0.05, 0.1) is 12.2 Å². The number of benzene rings is 1. The van der Waals surface area contributed by atoms with E-state index < -0.39 is 0 Å². The molecule has 1 aromatic rings. The molecule has 1 rings (SSSR count). The molecule has 1 aromatic carbocycles. The van der Waals surface area contributed by atoms with Gasteiger partial charge in [-0.05, 0) is 35.0 Å². The highest BCUT2D eigenvalue weighted by Crippen LogP contribution is 2.16. The van der Waals surface area contributed by atoms with E-state index >= 15 is 0 Å². The molecule has 0 aromatic heterocycles. The van der Waals surface area contributed by atoms with E-state index in [9.17, 15) is 4.79 Å². The lowest BCUT2D eigenvalue weighted by molar-refractivity contribution is 0.0334. The second-order valence-electron chi connectivity index (χ2n) is 2.81. The maximum atomic E-state index is 11.5. The van der Waals surface area contributed by atoms with Gasteiger partial charge in [0, 0.05) is 11.1 Å². The van der Waals surface area contributed by atoms with Crippen LogP contribution in [0, 0.1) is 0 Å². The summed E-state index contributed by atoms with van der Waals surface area (Å²) in [7, 11) is 0. The van der Waals surface area contributed by atoms with Crippen LogP contribution >= 0.6 is 15.9 Å². The minimum atomic E-state index is -0.331. The molecule has 0 saturated heterocycles. The van der Waals surface area contributed by atoms with E-state index in [0.717, 1.165) is 4.47 Å². The van der Waals surface area contributed by atoms with Gasteiger partial charge in [-0.3, -0.25) is 0 Å². The number of esters is 1. The van der Waals surface area contributed by atoms with Crippen LogP contribution < -0.4 is 0 Å². The second-order valence-corrected chi connectivity index (χ2v) is 3.67. The summed E-state index contributed by atoms with van der Waals surface area (Å²) in [5.74, 6) is -0.331. The number of hydrogen-bond acceptors (Lipinski definition) is 3. The van der Waals surface area contributed by atoms with Crippen LogP contribution in [0.1, 0.15) is 17.3 Å². The summed E-state index contributed by atoms with van der Waals surface area (Å²) in [5.41, 5.74) is 0.536. The highest BCUT2D eigenvalue weighted by atomic mass is 79.9. The van der Waals surface area contributed by atoms with Crippen LogP contribution in [-0.4, -0.2) is 25.8 Å². The van der Waals surface area contributed by atoms with E-state index in [1.807, 2.05) is 13.0 Å². The Balaban J connectivity index is 2.44. The first-order valence-electron chi connectivity index (χ1n) is 4.75. The molecular weight excluding hydrogens is 260 g/mol. The Hall–Kier alpha value is -0.870. The van der Waals surface area contributed by atoms with Crippen LogP contribution in [0.5, 0.6) is 0 Å². The van der Waals surface area contributed by atoms with E-state index in [-0.39, 0.29) is 12.6 Å². The van der Waals surface area contributed by atoms with Gasteiger partial charge in [-0.25, -0.2) is 4.79 Å². The molecule has 0 spiro atoms. The number of ether oxygens (including phenoxy) is 2. The van der Waals surface area contributed by atoms with Crippen LogP contribution in [0.15, 0.2) is 28.7 Å². The average Bonchev–Trinajstić information content (AvgIpc) is 2.25. The van der Waals surface area contributed by atoms with E-state index in [1.54, 1.807) is 18.2 Å². The van der Waals surface area contributed by atoms with E-state index in [1.165, 1.54) is 0 Å². The highest BCUT2D eigenvalue weighted by Gasteiger charge is 2.09. The summed E-state index contributed by atoms with van der Waals surface area (Å²) < 4.78 is 10.8. The van der Waals surface area contributed by atoms with Gasteiger partial charge in [-0.1, -0.05) is 12.1 Å². The van der Waals surface area contributed by atoms with Crippen molar-refractivity contribution in [1.82, 2.24) is 0 Å². The fraction of sp³-hybridized carbons (Fsp3) is 0.364. The minimum absolute atomic E-state index is 0.286. The molecule has 0 atom stereocenters. The molecule has 0 fully saturated rings. The first kappa shape index (κ1) is 12.2. The van der Waals surface area contributed by atoms with Gasteiger partial charge in [-0.15, -0.1) is 0 Å². The molecule has 0 saturated carbocycles. The molecule has 4 heteroatoms. The van der Waals surface area contributed by atoms with Crippen molar-refractivity contribution < 1.29 is 14.3 Å². The van der Waals surface area contributed by atoms with Gasteiger partial charge in [0.2, 0.25) is 0 Å². The maximum absolute atomic E-state index is 11.5. The van der Waals surface area contributed by atoms with Crippen LogP contribution in [-0.2, 0) is 9.47 Å². The number of carbonyl (C=O) groups is 1. The molecule has 0 unspecified atom stereocenters. The monoisotopic (exact) mass is 272 g/mol. The van der Waals surface area contributed by atoms with Gasteiger partial charge < -0.3 is 9.47 Å². The molecule has 0 radical (unpaired) electrons. The molecule has 0 N–H and O–H groups in total. The summed E-state index contributed by atoms with van der Waals surface area (Å²) in [5, 5.41) is 0. The van der Waals surface area contributed by atoms with Crippen molar-refractivity contribution in [3.05, 3.63) is 34.3 Å². The quantitative estimate of drug-likeness (QED) is 0.611. The second kappa shape index (κ2) is 6.58. The van der Waals surface area contributed by atoms with Crippen molar-refractivity contribution in [2.75, 3.05) is 19.8 Å². The third kappa shape index (κ3) is 4.01.